The Morgan fingerprint density at radius 1 is 1.09 bits per heavy atom. The van der Waals surface area contributed by atoms with Gasteiger partial charge in [0.1, 0.15) is 18.6 Å². The number of anilines is 1. The van der Waals surface area contributed by atoms with Crippen LogP contribution in [-0.4, -0.2) is 57.2 Å². The monoisotopic (exact) mass is 456 g/mol. The van der Waals surface area contributed by atoms with Crippen LogP contribution in [0.5, 0.6) is 11.5 Å². The molecule has 1 aliphatic heterocycles. The fourth-order valence-electron chi connectivity index (χ4n) is 2.78. The van der Waals surface area contributed by atoms with Crippen LogP contribution in [0, 0.1) is 0 Å². The Morgan fingerprint density at radius 3 is 2.12 bits per heavy atom. The molecule has 2 aromatic rings. The molecule has 0 radical (unpaired) electrons. The predicted octanol–water partition coefficient (Wildman–Crippen LogP) is 4.12. The van der Waals surface area contributed by atoms with Crippen LogP contribution >= 0.6 is 0 Å². The normalized spacial score (nSPS) is 12.9. The maximum absolute atomic E-state index is 12.5. The third kappa shape index (κ3) is 9.61. The fraction of sp³-hybridized carbons (Fsp3) is 0.500. The Bertz CT molecular complexity index is 796. The van der Waals surface area contributed by atoms with Gasteiger partial charge in [-0.15, -0.1) is 0 Å². The number of halogens is 3. The van der Waals surface area contributed by atoms with Crippen LogP contribution in [0.2, 0.25) is 0 Å². The smallest absolute Gasteiger partial charge is 0.451 e. The van der Waals surface area contributed by atoms with Crippen molar-refractivity contribution in [2.75, 3.05) is 45.8 Å². The zero-order valence-corrected chi connectivity index (χ0v) is 18.9. The number of nitrogens with zero attached hydrogens (tertiary/aromatic N) is 3. The van der Waals surface area contributed by atoms with E-state index in [4.69, 9.17) is 4.74 Å². The van der Waals surface area contributed by atoms with Gasteiger partial charge in [-0.1, -0.05) is 6.92 Å². The van der Waals surface area contributed by atoms with Crippen molar-refractivity contribution >= 4 is 12.0 Å². The van der Waals surface area contributed by atoms with Crippen molar-refractivity contribution in [1.29, 1.82) is 0 Å². The first-order chi connectivity index (χ1) is 15.3. The van der Waals surface area contributed by atoms with Gasteiger partial charge in [-0.05, 0) is 51.1 Å². The highest BCUT2D eigenvalue weighted by molar-refractivity contribution is 5.54. The van der Waals surface area contributed by atoms with E-state index in [0.717, 1.165) is 43.2 Å². The fourth-order valence-corrected chi connectivity index (χ4v) is 2.78. The maximum atomic E-state index is 12.5. The second-order valence-corrected chi connectivity index (χ2v) is 6.85. The number of hydrogen-bond donors (Lipinski definition) is 1. The number of benzene rings is 1. The van der Waals surface area contributed by atoms with Crippen molar-refractivity contribution in [3.05, 3.63) is 42.0 Å². The summed E-state index contributed by atoms with van der Waals surface area (Å²) in [4.78, 5) is 18.2. The molecule has 1 aromatic heterocycles. The Balaban J connectivity index is 0.000000555. The van der Waals surface area contributed by atoms with Crippen molar-refractivity contribution in [1.82, 2.24) is 15.3 Å². The Labute approximate surface area is 187 Å². The first kappa shape index (κ1) is 27.3. The molecule has 1 aliphatic rings. The summed E-state index contributed by atoms with van der Waals surface area (Å²) in [7, 11) is 5.23. The summed E-state index contributed by atoms with van der Waals surface area (Å²) < 4.78 is 47.5. The number of rotatable bonds is 6. The third-order valence-corrected chi connectivity index (χ3v) is 4.18. The van der Waals surface area contributed by atoms with Crippen molar-refractivity contribution in [3.63, 3.8) is 0 Å². The number of carbonyl (C=O) groups is 1. The van der Waals surface area contributed by atoms with Gasteiger partial charge in [0, 0.05) is 32.0 Å². The molecule has 0 bridgehead atoms. The van der Waals surface area contributed by atoms with E-state index in [9.17, 15) is 18.0 Å². The Hall–Kier alpha value is -2.72. The molecule has 1 aromatic carbocycles. The minimum Gasteiger partial charge on any atom is -0.454 e. The van der Waals surface area contributed by atoms with Crippen molar-refractivity contribution in [3.8, 4) is 11.5 Å². The van der Waals surface area contributed by atoms with E-state index in [0.29, 0.717) is 12.0 Å². The molecule has 1 fully saturated rings. The van der Waals surface area contributed by atoms with Gasteiger partial charge in [0.2, 0.25) is 5.82 Å². The molecule has 0 atom stereocenters. The van der Waals surface area contributed by atoms with Gasteiger partial charge in [0.15, 0.2) is 5.75 Å². The highest BCUT2D eigenvalue weighted by Gasteiger charge is 2.34. The van der Waals surface area contributed by atoms with Crippen molar-refractivity contribution in [2.45, 2.75) is 32.4 Å². The van der Waals surface area contributed by atoms with E-state index in [-0.39, 0.29) is 12.4 Å². The van der Waals surface area contributed by atoms with Gasteiger partial charge in [-0.2, -0.15) is 13.2 Å². The SMILES string of the molecule is CCc1cc(Oc2cnc(C(F)(F)F)nc2)cc(N2CCCC2)c1.CNC.COCC=O. The first-order valence-electron chi connectivity index (χ1n) is 10.3. The van der Waals surface area contributed by atoms with Crippen LogP contribution in [0.4, 0.5) is 18.9 Å². The van der Waals surface area contributed by atoms with Crippen LogP contribution < -0.4 is 15.0 Å². The predicted molar refractivity (Wildman–Crippen MR) is 117 cm³/mol. The number of aldehydes is 1. The molecule has 1 saturated heterocycles. The number of aryl methyl sites for hydroxylation is 1. The van der Waals surface area contributed by atoms with Gasteiger partial charge in [-0.3, -0.25) is 0 Å². The number of aromatic nitrogens is 2. The molecule has 0 spiro atoms. The van der Waals surface area contributed by atoms with E-state index in [1.165, 1.54) is 20.0 Å². The summed E-state index contributed by atoms with van der Waals surface area (Å²) >= 11 is 0. The summed E-state index contributed by atoms with van der Waals surface area (Å²) in [6.07, 6.45) is 1.43. The molecule has 2 heterocycles. The highest BCUT2D eigenvalue weighted by Crippen LogP contribution is 2.31. The van der Waals surface area contributed by atoms with Gasteiger partial charge >= 0.3 is 6.18 Å². The lowest BCUT2D eigenvalue weighted by molar-refractivity contribution is -0.145. The molecule has 0 unspecified atom stereocenters. The summed E-state index contributed by atoms with van der Waals surface area (Å²) in [5.41, 5.74) is 2.19. The van der Waals surface area contributed by atoms with E-state index in [1.54, 1.807) is 0 Å². The molecular weight excluding hydrogens is 425 g/mol. The van der Waals surface area contributed by atoms with Crippen molar-refractivity contribution in [2.24, 2.45) is 0 Å². The average Bonchev–Trinajstić information content (AvgIpc) is 3.30. The van der Waals surface area contributed by atoms with Crippen LogP contribution in [0.3, 0.4) is 0 Å². The molecular formula is C22H31F3N4O3. The molecule has 10 heteroatoms. The summed E-state index contributed by atoms with van der Waals surface area (Å²) in [6.45, 7) is 4.28. The van der Waals surface area contributed by atoms with Gasteiger partial charge in [-0.25, -0.2) is 9.97 Å². The lowest BCUT2D eigenvalue weighted by Gasteiger charge is -2.19. The van der Waals surface area contributed by atoms with E-state index >= 15 is 0 Å². The number of methoxy groups -OCH3 is 1. The minimum absolute atomic E-state index is 0.184. The standard InChI is InChI=1S/C17H18F3N3O.C3H6O2.C2H7N/c1-2-12-7-13(23-5-3-4-6-23)9-14(8-12)24-15-10-21-16(22-11-15)17(18,19)20;1-5-3-2-4;1-3-2/h7-11H,2-6H2,1H3;2H,3H2,1H3;3H,1-2H3. The zero-order chi connectivity index (χ0) is 24.0. The number of alkyl halides is 3. The third-order valence-electron chi connectivity index (χ3n) is 4.18. The largest absolute Gasteiger partial charge is 0.454 e. The molecule has 1 N–H and O–H groups in total. The quantitative estimate of drug-likeness (QED) is 0.656. The number of ether oxygens (including phenoxy) is 2. The number of nitrogens with one attached hydrogen (secondary N) is 1. The summed E-state index contributed by atoms with van der Waals surface area (Å²) in [5.74, 6) is -0.404. The molecule has 0 saturated carbocycles. The van der Waals surface area contributed by atoms with E-state index in [2.05, 4.69) is 31.0 Å². The zero-order valence-electron chi connectivity index (χ0n) is 18.9. The number of carbonyl (C=O) groups excluding carboxylic acids is 1. The topological polar surface area (TPSA) is 76.6 Å². The average molecular weight is 457 g/mol. The van der Waals surface area contributed by atoms with E-state index < -0.39 is 12.0 Å². The Morgan fingerprint density at radius 2 is 1.69 bits per heavy atom. The summed E-state index contributed by atoms with van der Waals surface area (Å²) in [6, 6.07) is 5.92. The van der Waals surface area contributed by atoms with Crippen LogP contribution in [0.1, 0.15) is 31.2 Å². The lowest BCUT2D eigenvalue weighted by Crippen LogP contribution is -2.17. The van der Waals surface area contributed by atoms with Crippen molar-refractivity contribution < 1.29 is 27.4 Å². The molecule has 0 amide bonds. The minimum atomic E-state index is -4.55. The highest BCUT2D eigenvalue weighted by atomic mass is 19.4. The Kier molecular flexibility index (Phi) is 12.3. The second kappa shape index (κ2) is 14.4. The first-order valence-corrected chi connectivity index (χ1v) is 10.3. The molecule has 32 heavy (non-hydrogen) atoms. The molecule has 0 aliphatic carbocycles. The van der Waals surface area contributed by atoms with Crippen LogP contribution in [0.25, 0.3) is 0 Å². The molecule has 7 nitrogen and oxygen atoms in total. The lowest BCUT2D eigenvalue weighted by atomic mass is 10.1. The van der Waals surface area contributed by atoms with Gasteiger partial charge in [0.05, 0.1) is 12.4 Å². The van der Waals surface area contributed by atoms with Gasteiger partial charge < -0.3 is 24.5 Å². The maximum Gasteiger partial charge on any atom is 0.451 e. The van der Waals surface area contributed by atoms with E-state index in [1.807, 2.05) is 33.2 Å². The van der Waals surface area contributed by atoms with Crippen LogP contribution in [0.15, 0.2) is 30.6 Å². The summed E-state index contributed by atoms with van der Waals surface area (Å²) in [5, 5.41) is 2.75. The molecule has 3 rings (SSSR count). The van der Waals surface area contributed by atoms with Crippen LogP contribution in [-0.2, 0) is 22.1 Å². The van der Waals surface area contributed by atoms with Gasteiger partial charge in [0.25, 0.3) is 0 Å². The number of hydrogen-bond acceptors (Lipinski definition) is 7. The second-order valence-electron chi connectivity index (χ2n) is 6.85. The molecule has 178 valence electrons.